The summed E-state index contributed by atoms with van der Waals surface area (Å²) in [5.74, 6) is 1.91. The molecule has 92 heavy (non-hydrogen) atoms. The zero-order valence-electron chi connectivity index (χ0n) is 60.9. The minimum Gasteiger partial charge on any atom is -0.279 e. The Bertz CT molecular complexity index is 4950. The van der Waals surface area contributed by atoms with Crippen LogP contribution in [0, 0.1) is 0 Å². The third-order valence-corrected chi connectivity index (χ3v) is 28.8. The topological polar surface area (TPSA) is 48.5 Å². The summed E-state index contributed by atoms with van der Waals surface area (Å²) in [5, 5.41) is 5.11. The Morgan fingerprint density at radius 2 is 0.446 bits per heavy atom. The van der Waals surface area contributed by atoms with Crippen molar-refractivity contribution in [2.45, 2.75) is 19.6 Å². The Morgan fingerprint density at radius 1 is 0.217 bits per heavy atom. The van der Waals surface area contributed by atoms with Gasteiger partial charge >= 0.3 is 0 Å². The Balaban J connectivity index is 1.35. The number of aromatic nitrogens is 5. The van der Waals surface area contributed by atoms with Crippen LogP contribution >= 0.6 is 10.0 Å². The normalized spacial score (nSPS) is 12.0. The highest BCUT2D eigenvalue weighted by Crippen LogP contribution is 2.71. The lowest BCUT2D eigenvalue weighted by Crippen LogP contribution is -2.57. The molecule has 0 amide bonds. The molecule has 0 radical (unpaired) electrons. The Kier molecular flexibility index (Phi) is 16.7. The first-order chi connectivity index (χ1) is 43.3. The van der Waals surface area contributed by atoms with Crippen LogP contribution in [0.2, 0.25) is 0 Å². The van der Waals surface area contributed by atoms with Crippen molar-refractivity contribution < 1.29 is 0 Å². The maximum atomic E-state index is 6.13. The van der Waals surface area contributed by atoms with Crippen molar-refractivity contribution >= 4 is 440 Å². The monoisotopic (exact) mass is 1170 g/mol. The number of hydrogen-bond acceptors (Lipinski definition) is 3. The van der Waals surface area contributed by atoms with Crippen molar-refractivity contribution in [2.75, 3.05) is 0 Å². The minimum atomic E-state index is -2.41. The van der Waals surface area contributed by atoms with E-state index < -0.39 is 10.0 Å². The largest absolute Gasteiger partial charge is 0.279 e. The average Bonchev–Trinajstić information content (AvgIpc) is 0.988. The van der Waals surface area contributed by atoms with Crippen molar-refractivity contribution in [1.82, 2.24) is 24.1 Å². The molecule has 0 spiro atoms. The molecule has 0 fully saturated rings. The summed E-state index contributed by atoms with van der Waals surface area (Å²) in [6.45, 7) is 0. The number of benzene rings is 9. The molecule has 0 aliphatic rings. The van der Waals surface area contributed by atoms with E-state index in [9.17, 15) is 0 Å². The first-order valence-electron chi connectivity index (χ1n) is 33.3. The van der Waals surface area contributed by atoms with Crippen molar-refractivity contribution in [3.63, 3.8) is 0 Å². The highest BCUT2D eigenvalue weighted by atomic mass is 32.3. The van der Waals surface area contributed by atoms with Crippen molar-refractivity contribution in [3.05, 3.63) is 60.7 Å². The molecule has 414 valence electrons. The van der Waals surface area contributed by atoms with Crippen LogP contribution in [0.15, 0.2) is 80.2 Å². The van der Waals surface area contributed by atoms with E-state index >= 15 is 0 Å². The number of fused-ring (bicyclic) bond motifs is 6. The summed E-state index contributed by atoms with van der Waals surface area (Å²) >= 11 is 0. The molecular weight excluding hydrogens is 1100 g/mol. The van der Waals surface area contributed by atoms with Crippen LogP contribution in [0.25, 0.3) is 78.0 Å². The number of nitrogens with zero attached hydrogens (tertiary/aromatic N) is 5. The fourth-order valence-electron chi connectivity index (χ4n) is 16.9. The second-order valence-corrected chi connectivity index (χ2v) is 31.0. The molecule has 0 saturated carbocycles. The molecule has 0 aliphatic heterocycles. The van der Waals surface area contributed by atoms with Crippen LogP contribution < -0.4 is 158 Å². The highest BCUT2D eigenvalue weighted by Gasteiger charge is 2.41. The summed E-state index contributed by atoms with van der Waals surface area (Å²) in [4.78, 5) is 23.7. The zero-order chi connectivity index (χ0) is 67.0. The van der Waals surface area contributed by atoms with E-state index in [2.05, 4.69) is 297 Å². The molecule has 12 aromatic rings. The summed E-state index contributed by atoms with van der Waals surface area (Å²) in [5.41, 5.74) is 46.1. The lowest BCUT2D eigenvalue weighted by Gasteiger charge is -2.48. The third kappa shape index (κ3) is 8.92. The van der Waals surface area contributed by atoms with Crippen LogP contribution in [0.1, 0.15) is 0 Å². The van der Waals surface area contributed by atoms with E-state index in [1.807, 2.05) is 0 Å². The molecule has 0 unspecified atom stereocenters. The molecule has 0 saturated heterocycles. The molecule has 0 atom stereocenters. The molecule has 0 N–H and O–H groups in total. The summed E-state index contributed by atoms with van der Waals surface area (Å²) in [6.07, 6.45) is 0. The van der Waals surface area contributed by atoms with Crippen molar-refractivity contribution in [3.8, 4) is 34.4 Å². The smallest absolute Gasteiger partial charge is 0.240 e. The van der Waals surface area contributed by atoms with Crippen molar-refractivity contribution in [2.24, 2.45) is 0 Å². The predicted molar refractivity (Wildman–Crippen MR) is 497 cm³/mol. The van der Waals surface area contributed by atoms with Gasteiger partial charge in [-0.15, -0.1) is 48.3 Å². The second-order valence-electron chi connectivity index (χ2n) is 28.0. The quantitative estimate of drug-likeness (QED) is 0.142. The van der Waals surface area contributed by atoms with Gasteiger partial charge in [-0.1, -0.05) is 157 Å². The highest BCUT2D eigenvalue weighted by molar-refractivity contribution is 8.34. The van der Waals surface area contributed by atoms with Gasteiger partial charge in [0.15, 0.2) is 5.82 Å². The predicted octanol–water partition coefficient (Wildman–Crippen LogP) is -35.8. The van der Waals surface area contributed by atoms with E-state index in [0.29, 0.717) is 17.7 Å². The maximum Gasteiger partial charge on any atom is 0.240 e. The van der Waals surface area contributed by atoms with Gasteiger partial charge in [-0.05, 0) is 66.7 Å². The molecule has 5 nitrogen and oxygen atoms in total. The Morgan fingerprint density at radius 3 is 0.750 bits per heavy atom. The lowest BCUT2D eigenvalue weighted by atomic mass is 9.57. The van der Waals surface area contributed by atoms with Crippen molar-refractivity contribution in [1.29, 1.82) is 0 Å². The van der Waals surface area contributed by atoms with Gasteiger partial charge in [0, 0.05) is 37.4 Å². The fraction of sp³-hybridized carbons (Fsp3) is 0. The first kappa shape index (κ1) is 65.9. The van der Waals surface area contributed by atoms with E-state index in [0.717, 1.165) is 27.6 Å². The maximum absolute atomic E-state index is 6.13. The van der Waals surface area contributed by atoms with Gasteiger partial charge in [-0.3, -0.25) is 9.13 Å². The molecule has 35 heteroatoms. The number of hydrogen-bond donors (Lipinski definition) is 0. The van der Waals surface area contributed by atoms with Crippen LogP contribution in [0.4, 0.5) is 0 Å². The first-order valence-corrected chi connectivity index (χ1v) is 35.0. The fourth-order valence-corrected chi connectivity index (χ4v) is 21.8. The lowest BCUT2D eigenvalue weighted by molar-refractivity contribution is 0.896. The van der Waals surface area contributed by atoms with Gasteiger partial charge in [0.05, 0.1) is 0 Å². The van der Waals surface area contributed by atoms with Gasteiger partial charge < -0.3 is 0 Å². The Labute approximate surface area is 574 Å². The second kappa shape index (κ2) is 23.3. The number of rotatable bonds is 8. The summed E-state index contributed by atoms with van der Waals surface area (Å²) in [7, 11) is 65.4. The van der Waals surface area contributed by atoms with E-state index in [4.69, 9.17) is 15.0 Å². The van der Waals surface area contributed by atoms with Gasteiger partial charge in [0.25, 0.3) is 0 Å². The van der Waals surface area contributed by atoms with Gasteiger partial charge in [0.2, 0.25) is 11.9 Å². The molecule has 12 rings (SSSR count). The van der Waals surface area contributed by atoms with E-state index in [-0.39, 0.29) is 0 Å². The third-order valence-electron chi connectivity index (χ3n) is 24.4. The van der Waals surface area contributed by atoms with Crippen LogP contribution in [0.5, 0.6) is 0 Å². The van der Waals surface area contributed by atoms with Crippen LogP contribution in [-0.4, -0.2) is 252 Å². The summed E-state index contributed by atoms with van der Waals surface area (Å²) in [6, 6.07) is 23.1. The SMILES string of the molecule is Bc1c(B)c(B)c(-c2c(B)c(B)c(B)c(S(c3ccccc3)(c3ccccc3)c3c(B)c(B)c(B)c(-c4nc(-n5c6c(B)c(B)c(B)c(B)c6c6c(B)c(B)c(B)c(B)c65)nc(-n5c6c(B)c(B)c(B)c(B)c6c6c(B)c(B)c(B)c(B)c65)n4)c3B)c2B)c(B)c1B. The minimum absolute atomic E-state index is 0.621. The average molecular weight is 1170 g/mol. The van der Waals surface area contributed by atoms with Crippen LogP contribution in [-0.2, 0) is 0 Å². The molecule has 3 aromatic heterocycles. The Hall–Kier alpha value is -6.18. The molecule has 0 aliphatic carbocycles. The van der Waals surface area contributed by atoms with Crippen LogP contribution in [0.3, 0.4) is 0 Å². The summed E-state index contributed by atoms with van der Waals surface area (Å²) < 4.78 is 4.94. The molecule has 0 bridgehead atoms. The molecule has 9 aromatic carbocycles. The molecule has 3 heterocycles. The van der Waals surface area contributed by atoms with Gasteiger partial charge in [-0.2, -0.15) is 15.0 Å². The standard InChI is InChI=1S/C57H68B29N5S/c58-20-13(21(59)31(69)38(76)30(20)68)14-22(60)36(74)47(85)53(28(14)66)92(11-7-3-1-4-8-11,12-9-5-2-6-10-12)54-29(67)19(27(65)37(75)48(54)86)55-87-56(90-49-15(23(61)32(70)39(77)43(49)81)16-24(62)33(71)40(78)44(82)50(16)90)89-57(88-55)91-51-17(25(63)34(72)41(79)45(51)83)18-26(64)35(73)42(80)46(84)52(18)91/h1-10H,58-86H2. The van der Waals surface area contributed by atoms with E-state index in [1.165, 1.54) is 211 Å². The van der Waals surface area contributed by atoms with Gasteiger partial charge in [0.1, 0.15) is 228 Å². The molecular formula is C57H68B29N5S. The van der Waals surface area contributed by atoms with E-state index in [1.54, 1.807) is 0 Å². The van der Waals surface area contributed by atoms with Gasteiger partial charge in [-0.25, -0.2) is 0 Å². The zero-order valence-corrected chi connectivity index (χ0v) is 61.7.